The number of aryl methyl sites for hydroxylation is 1. The van der Waals surface area contributed by atoms with Gasteiger partial charge in [-0.05, 0) is 24.4 Å². The molecule has 0 spiro atoms. The van der Waals surface area contributed by atoms with Crippen molar-refractivity contribution in [3.63, 3.8) is 0 Å². The summed E-state index contributed by atoms with van der Waals surface area (Å²) in [7, 11) is -3.10. The van der Waals surface area contributed by atoms with Gasteiger partial charge in [-0.3, -0.25) is 23.7 Å². The van der Waals surface area contributed by atoms with Crippen LogP contribution in [0.3, 0.4) is 0 Å². The lowest BCUT2D eigenvalue weighted by Crippen LogP contribution is -2.43. The molecule has 15 heteroatoms. The summed E-state index contributed by atoms with van der Waals surface area (Å²) in [6, 6.07) is 7.04. The normalized spacial score (nSPS) is 22.1. The molecule has 1 fully saturated rings. The van der Waals surface area contributed by atoms with E-state index in [9.17, 15) is 23.8 Å². The van der Waals surface area contributed by atoms with Crippen molar-refractivity contribution in [1.82, 2.24) is 20.0 Å². The van der Waals surface area contributed by atoms with E-state index in [4.69, 9.17) is 14.8 Å². The highest BCUT2D eigenvalue weighted by atomic mass is 31.2. The highest BCUT2D eigenvalue weighted by Crippen LogP contribution is 2.40. The summed E-state index contributed by atoms with van der Waals surface area (Å²) < 4.78 is 24.8. The van der Waals surface area contributed by atoms with Crippen LogP contribution in [0.1, 0.15) is 23.8 Å². The van der Waals surface area contributed by atoms with Crippen LogP contribution < -0.4 is 21.7 Å². The van der Waals surface area contributed by atoms with E-state index >= 15 is 0 Å². The summed E-state index contributed by atoms with van der Waals surface area (Å²) in [5.41, 5.74) is 8.69. The zero-order valence-corrected chi connectivity index (χ0v) is 19.9. The second-order valence-electron chi connectivity index (χ2n) is 7.92. The largest absolute Gasteiger partial charge is 0.403 e. The summed E-state index contributed by atoms with van der Waals surface area (Å²) in [4.78, 5) is 51.4. The zero-order chi connectivity index (χ0) is 25.6. The number of azide groups is 1. The fraction of sp³-hybridized carbons (Fsp3) is 0.450. The number of ether oxygens (including phenoxy) is 1. The highest BCUT2D eigenvalue weighted by molar-refractivity contribution is 7.50. The summed E-state index contributed by atoms with van der Waals surface area (Å²) in [5.74, 6) is -0.510. The molecule has 1 aromatic heterocycles. The standard InChI is InChI=1S/C20H26N7O7P/c1-12-10-27(20(30)23-18(12)28)17-9-14(24-26-21)16(34-17)11-33-35(31,32)25-15(19(29)22-2)8-13-6-4-3-5-7-13/h3-7,10,14-17H,8-9,11H2,1-2H3,(H,22,29)(H,23,28,30)(H2,25,31,32)/t14?,15-,16-,17?/m1/s1. The lowest BCUT2D eigenvalue weighted by atomic mass is 10.1. The Morgan fingerprint density at radius 3 is 2.80 bits per heavy atom. The molecule has 1 aromatic carbocycles. The average molecular weight is 507 g/mol. The molecule has 4 N–H and O–H groups in total. The van der Waals surface area contributed by atoms with E-state index in [0.29, 0.717) is 0 Å². The van der Waals surface area contributed by atoms with Crippen molar-refractivity contribution in [1.29, 1.82) is 0 Å². The van der Waals surface area contributed by atoms with Crippen LogP contribution in [0.25, 0.3) is 10.4 Å². The summed E-state index contributed by atoms with van der Waals surface area (Å²) in [6.07, 6.45) is -0.346. The van der Waals surface area contributed by atoms with Gasteiger partial charge in [-0.25, -0.2) is 14.4 Å². The van der Waals surface area contributed by atoms with Gasteiger partial charge in [0, 0.05) is 30.1 Å². The summed E-state index contributed by atoms with van der Waals surface area (Å²) in [5, 5.41) is 8.43. The minimum atomic E-state index is -4.51. The Balaban J connectivity index is 1.70. The number of amides is 1. The Morgan fingerprint density at radius 1 is 1.43 bits per heavy atom. The van der Waals surface area contributed by atoms with Crippen LogP contribution in [0.4, 0.5) is 0 Å². The molecule has 188 valence electrons. The predicted molar refractivity (Wildman–Crippen MR) is 124 cm³/mol. The van der Waals surface area contributed by atoms with E-state index in [0.717, 1.165) is 10.1 Å². The molecular formula is C20H26N7O7P. The second-order valence-corrected chi connectivity index (χ2v) is 9.47. The van der Waals surface area contributed by atoms with Crippen molar-refractivity contribution in [2.45, 2.75) is 44.2 Å². The van der Waals surface area contributed by atoms with Gasteiger partial charge in [0.2, 0.25) is 5.91 Å². The number of hydrogen-bond donors (Lipinski definition) is 4. The van der Waals surface area contributed by atoms with E-state index in [1.165, 1.54) is 20.2 Å². The molecule has 0 aliphatic carbocycles. The van der Waals surface area contributed by atoms with Gasteiger partial charge in [-0.1, -0.05) is 35.4 Å². The van der Waals surface area contributed by atoms with E-state index in [-0.39, 0.29) is 18.4 Å². The predicted octanol–water partition coefficient (Wildman–Crippen LogP) is 0.875. The van der Waals surface area contributed by atoms with Crippen molar-refractivity contribution in [3.05, 3.63) is 78.9 Å². The van der Waals surface area contributed by atoms with Crippen molar-refractivity contribution < 1.29 is 23.5 Å². The van der Waals surface area contributed by atoms with Crippen molar-refractivity contribution in [2.24, 2.45) is 5.11 Å². The van der Waals surface area contributed by atoms with Gasteiger partial charge >= 0.3 is 13.4 Å². The maximum atomic E-state index is 12.7. The number of carbonyl (C=O) groups excluding carboxylic acids is 1. The number of hydrogen-bond acceptors (Lipinski definition) is 7. The fourth-order valence-electron chi connectivity index (χ4n) is 3.65. The molecule has 1 amide bonds. The van der Waals surface area contributed by atoms with Crippen LogP contribution in [0.2, 0.25) is 0 Å². The molecule has 0 bridgehead atoms. The van der Waals surface area contributed by atoms with Crippen LogP contribution in [0.15, 0.2) is 51.2 Å². The van der Waals surface area contributed by atoms with E-state index in [2.05, 4.69) is 25.4 Å². The number of likely N-dealkylation sites (N-methyl/N-ethyl adjacent to an activating group) is 1. The number of H-pyrrole nitrogens is 1. The number of aromatic nitrogens is 2. The molecular weight excluding hydrogens is 481 g/mol. The molecule has 3 unspecified atom stereocenters. The van der Waals surface area contributed by atoms with Gasteiger partial charge in [-0.15, -0.1) is 0 Å². The van der Waals surface area contributed by atoms with E-state index in [1.54, 1.807) is 24.3 Å². The summed E-state index contributed by atoms with van der Waals surface area (Å²) in [6.45, 7) is 1.05. The zero-order valence-electron chi connectivity index (χ0n) is 19.0. The third-order valence-corrected chi connectivity index (χ3v) is 6.58. The molecule has 2 aromatic rings. The monoisotopic (exact) mass is 507 g/mol. The number of benzene rings is 1. The van der Waals surface area contributed by atoms with Crippen LogP contribution in [-0.4, -0.2) is 52.2 Å². The molecule has 1 saturated heterocycles. The second kappa shape index (κ2) is 11.5. The number of nitrogens with one attached hydrogen (secondary N) is 3. The van der Waals surface area contributed by atoms with Crippen molar-refractivity contribution >= 4 is 13.7 Å². The molecule has 0 radical (unpaired) electrons. The molecule has 1 aliphatic heterocycles. The van der Waals surface area contributed by atoms with Gasteiger partial charge in [-0.2, -0.15) is 0 Å². The van der Waals surface area contributed by atoms with Crippen LogP contribution in [-0.2, 0) is 25.0 Å². The van der Waals surface area contributed by atoms with Crippen LogP contribution in [0.5, 0.6) is 0 Å². The minimum absolute atomic E-state index is 0.0709. The molecule has 14 nitrogen and oxygen atoms in total. The topological polar surface area (TPSA) is 201 Å². The first kappa shape index (κ1) is 26.4. The molecule has 2 heterocycles. The maximum absolute atomic E-state index is 12.7. The number of carbonyl (C=O) groups is 1. The van der Waals surface area contributed by atoms with Gasteiger partial charge in [0.05, 0.1) is 18.8 Å². The van der Waals surface area contributed by atoms with Gasteiger partial charge in [0.1, 0.15) is 12.3 Å². The smallest absolute Gasteiger partial charge is 0.358 e. The highest BCUT2D eigenvalue weighted by Gasteiger charge is 2.38. The van der Waals surface area contributed by atoms with E-state index < -0.39 is 55.9 Å². The molecule has 3 rings (SSSR count). The quantitative estimate of drug-likeness (QED) is 0.157. The van der Waals surface area contributed by atoms with Crippen LogP contribution >= 0.6 is 7.75 Å². The van der Waals surface area contributed by atoms with Crippen LogP contribution in [0, 0.1) is 6.92 Å². The molecule has 0 saturated carbocycles. The fourth-order valence-corrected chi connectivity index (χ4v) is 4.68. The molecule has 35 heavy (non-hydrogen) atoms. The van der Waals surface area contributed by atoms with Gasteiger partial charge < -0.3 is 14.9 Å². The lowest BCUT2D eigenvalue weighted by Gasteiger charge is -2.23. The van der Waals surface area contributed by atoms with Gasteiger partial charge in [0.15, 0.2) is 0 Å². The number of nitrogens with zero attached hydrogens (tertiary/aromatic N) is 4. The lowest BCUT2D eigenvalue weighted by molar-refractivity contribution is -0.122. The maximum Gasteiger partial charge on any atom is 0.403 e. The number of aromatic amines is 1. The Morgan fingerprint density at radius 2 is 2.14 bits per heavy atom. The first-order chi connectivity index (χ1) is 16.6. The Hall–Kier alpha value is -3.25. The first-order valence-corrected chi connectivity index (χ1v) is 12.2. The Kier molecular flexibility index (Phi) is 8.62. The van der Waals surface area contributed by atoms with Crippen molar-refractivity contribution in [2.75, 3.05) is 13.7 Å². The summed E-state index contributed by atoms with van der Waals surface area (Å²) >= 11 is 0. The van der Waals surface area contributed by atoms with E-state index in [1.807, 2.05) is 6.07 Å². The van der Waals surface area contributed by atoms with Crippen molar-refractivity contribution in [3.8, 4) is 0 Å². The third kappa shape index (κ3) is 6.89. The van der Waals surface area contributed by atoms with Gasteiger partial charge in [0.25, 0.3) is 5.56 Å². The minimum Gasteiger partial charge on any atom is -0.358 e. The first-order valence-electron chi connectivity index (χ1n) is 10.7. The Labute approximate surface area is 199 Å². The average Bonchev–Trinajstić information content (AvgIpc) is 3.22. The SMILES string of the molecule is CNC(=O)[C@@H](Cc1ccccc1)NP(=O)(O)OC[C@H]1OC(n2cc(C)c(=O)[nH]c2=O)CC1N=[N+]=[N-]. The molecule has 5 atom stereocenters. The molecule has 1 aliphatic rings. The third-order valence-electron chi connectivity index (χ3n) is 5.44. The Bertz CT molecular complexity index is 1260. The number of rotatable bonds is 10.